The summed E-state index contributed by atoms with van der Waals surface area (Å²) in [5, 5.41) is 4.93. The number of nitrogens with zero attached hydrogens (tertiary/aromatic N) is 1. The van der Waals surface area contributed by atoms with E-state index in [1.165, 1.54) is 0 Å². The number of primary amides is 1. The monoisotopic (exact) mass is 333 g/mol. The molecule has 0 aliphatic carbocycles. The Morgan fingerprint density at radius 3 is 2.43 bits per heavy atom. The van der Waals surface area contributed by atoms with Gasteiger partial charge in [0.25, 0.3) is 5.91 Å². The Morgan fingerprint density at radius 2 is 1.91 bits per heavy atom. The summed E-state index contributed by atoms with van der Waals surface area (Å²) in [6.07, 6.45) is 0. The summed E-state index contributed by atoms with van der Waals surface area (Å²) in [5.41, 5.74) is 6.91. The molecular formula is C16H19N3O3S. The minimum Gasteiger partial charge on any atom is -0.484 e. The van der Waals surface area contributed by atoms with Gasteiger partial charge >= 0.3 is 6.03 Å². The molecule has 0 fully saturated rings. The van der Waals surface area contributed by atoms with E-state index in [9.17, 15) is 9.59 Å². The van der Waals surface area contributed by atoms with Crippen molar-refractivity contribution in [1.29, 1.82) is 0 Å². The molecule has 122 valence electrons. The van der Waals surface area contributed by atoms with Gasteiger partial charge in [0.1, 0.15) is 10.8 Å². The minimum absolute atomic E-state index is 0.0194. The lowest BCUT2D eigenvalue weighted by molar-refractivity contribution is -0.121. The molecule has 1 aromatic carbocycles. The summed E-state index contributed by atoms with van der Waals surface area (Å²) in [7, 11) is 0. The fourth-order valence-electron chi connectivity index (χ4n) is 1.77. The molecule has 0 spiro atoms. The zero-order chi connectivity index (χ0) is 17.0. The first kappa shape index (κ1) is 17.0. The summed E-state index contributed by atoms with van der Waals surface area (Å²) in [6, 6.07) is 6.38. The van der Waals surface area contributed by atoms with E-state index >= 15 is 0 Å². The third-order valence-corrected chi connectivity index (χ3v) is 3.90. The molecule has 2 aromatic rings. The van der Waals surface area contributed by atoms with Gasteiger partial charge in [-0.1, -0.05) is 20.8 Å². The fraction of sp³-hybridized carbons (Fsp3) is 0.312. The maximum absolute atomic E-state index is 11.3. The lowest BCUT2D eigenvalue weighted by atomic mass is 9.93. The Balaban J connectivity index is 2.01. The Hall–Kier alpha value is -2.41. The van der Waals surface area contributed by atoms with Gasteiger partial charge in [0.2, 0.25) is 0 Å². The summed E-state index contributed by atoms with van der Waals surface area (Å²) < 4.78 is 5.28. The molecule has 3 amide bonds. The first-order valence-corrected chi connectivity index (χ1v) is 7.92. The van der Waals surface area contributed by atoms with Gasteiger partial charge in [0.05, 0.1) is 5.69 Å². The van der Waals surface area contributed by atoms with Crippen molar-refractivity contribution in [3.63, 3.8) is 0 Å². The van der Waals surface area contributed by atoms with E-state index < -0.39 is 11.9 Å². The molecule has 0 saturated carbocycles. The highest BCUT2D eigenvalue weighted by Crippen LogP contribution is 2.30. The first-order valence-electron chi connectivity index (χ1n) is 7.04. The van der Waals surface area contributed by atoms with E-state index in [4.69, 9.17) is 10.5 Å². The number of aromatic nitrogens is 1. The summed E-state index contributed by atoms with van der Waals surface area (Å²) in [5.74, 6) is -0.0581. The average Bonchev–Trinajstić information content (AvgIpc) is 2.95. The van der Waals surface area contributed by atoms with Crippen molar-refractivity contribution in [2.45, 2.75) is 26.2 Å². The Kier molecular flexibility index (Phi) is 5.00. The van der Waals surface area contributed by atoms with E-state index in [1.54, 1.807) is 23.5 Å². The number of benzene rings is 1. The molecule has 0 aliphatic heterocycles. The van der Waals surface area contributed by atoms with Crippen LogP contribution >= 0.6 is 11.3 Å². The second-order valence-electron chi connectivity index (χ2n) is 6.01. The number of carbonyl (C=O) groups is 2. The van der Waals surface area contributed by atoms with Gasteiger partial charge in [-0.2, -0.15) is 0 Å². The number of hydrogen-bond acceptors (Lipinski definition) is 5. The first-order chi connectivity index (χ1) is 10.8. The van der Waals surface area contributed by atoms with Gasteiger partial charge in [0.15, 0.2) is 6.61 Å². The zero-order valence-electron chi connectivity index (χ0n) is 13.3. The van der Waals surface area contributed by atoms with E-state index in [-0.39, 0.29) is 12.0 Å². The minimum atomic E-state index is -0.896. The van der Waals surface area contributed by atoms with Crippen LogP contribution in [0.4, 0.5) is 4.79 Å². The number of amides is 3. The van der Waals surface area contributed by atoms with Crippen LogP contribution in [0, 0.1) is 0 Å². The predicted octanol–water partition coefficient (Wildman–Crippen LogP) is 2.68. The molecule has 2 rings (SSSR count). The quantitative estimate of drug-likeness (QED) is 0.899. The maximum atomic E-state index is 11.3. The molecule has 0 saturated heterocycles. The van der Waals surface area contributed by atoms with Crippen LogP contribution in [0.5, 0.6) is 5.75 Å². The van der Waals surface area contributed by atoms with Crippen molar-refractivity contribution in [2.24, 2.45) is 5.73 Å². The van der Waals surface area contributed by atoms with Crippen molar-refractivity contribution >= 4 is 23.3 Å². The second-order valence-corrected chi connectivity index (χ2v) is 6.87. The third kappa shape index (κ3) is 4.79. The number of urea groups is 1. The number of nitrogens with two attached hydrogens (primary N) is 1. The molecule has 6 nitrogen and oxygen atoms in total. The van der Waals surface area contributed by atoms with Crippen LogP contribution in [0.25, 0.3) is 10.6 Å². The molecule has 0 unspecified atom stereocenters. The van der Waals surface area contributed by atoms with Crippen molar-refractivity contribution in [2.75, 3.05) is 6.61 Å². The molecule has 1 heterocycles. The molecule has 7 heteroatoms. The molecule has 0 atom stereocenters. The largest absolute Gasteiger partial charge is 0.484 e. The number of ether oxygens (including phenoxy) is 1. The summed E-state index contributed by atoms with van der Waals surface area (Å²) in [4.78, 5) is 26.4. The number of thiazole rings is 1. The standard InChI is InChI=1S/C16H19N3O3S/c1-16(2,3)12-9-23-14(18-12)10-4-6-11(7-5-10)22-8-13(20)19-15(17)21/h4-7,9H,8H2,1-3H3,(H3,17,19,20,21). The van der Waals surface area contributed by atoms with Crippen molar-refractivity contribution in [3.8, 4) is 16.3 Å². The topological polar surface area (TPSA) is 94.3 Å². The van der Waals surface area contributed by atoms with Gasteiger partial charge in [-0.15, -0.1) is 11.3 Å². The highest BCUT2D eigenvalue weighted by Gasteiger charge is 2.17. The normalized spacial score (nSPS) is 11.1. The van der Waals surface area contributed by atoms with Crippen LogP contribution in [-0.4, -0.2) is 23.5 Å². The number of nitrogens with one attached hydrogen (secondary N) is 1. The van der Waals surface area contributed by atoms with Gasteiger partial charge in [-0.05, 0) is 24.3 Å². The van der Waals surface area contributed by atoms with Gasteiger partial charge < -0.3 is 10.5 Å². The van der Waals surface area contributed by atoms with Gasteiger partial charge in [-0.3, -0.25) is 10.1 Å². The van der Waals surface area contributed by atoms with Crippen LogP contribution in [0.1, 0.15) is 26.5 Å². The Morgan fingerprint density at radius 1 is 1.26 bits per heavy atom. The van der Waals surface area contributed by atoms with E-state index in [0.717, 1.165) is 16.3 Å². The SMILES string of the molecule is CC(C)(C)c1csc(-c2ccc(OCC(=O)NC(N)=O)cc2)n1. The van der Waals surface area contributed by atoms with Gasteiger partial charge in [-0.25, -0.2) is 9.78 Å². The van der Waals surface area contributed by atoms with Crippen LogP contribution in [-0.2, 0) is 10.2 Å². The summed E-state index contributed by atoms with van der Waals surface area (Å²) >= 11 is 1.59. The van der Waals surface area contributed by atoms with Crippen LogP contribution in [0.3, 0.4) is 0 Å². The van der Waals surface area contributed by atoms with Crippen LogP contribution < -0.4 is 15.8 Å². The number of imide groups is 1. The molecule has 23 heavy (non-hydrogen) atoms. The number of carbonyl (C=O) groups excluding carboxylic acids is 2. The summed E-state index contributed by atoms with van der Waals surface area (Å²) in [6.45, 7) is 6.10. The van der Waals surface area contributed by atoms with Crippen LogP contribution in [0.2, 0.25) is 0 Å². The van der Waals surface area contributed by atoms with E-state index in [2.05, 4.69) is 31.1 Å². The average molecular weight is 333 g/mol. The molecule has 3 N–H and O–H groups in total. The molecule has 0 radical (unpaired) electrons. The maximum Gasteiger partial charge on any atom is 0.318 e. The molecule has 0 bridgehead atoms. The zero-order valence-corrected chi connectivity index (χ0v) is 14.1. The van der Waals surface area contributed by atoms with Crippen LogP contribution in [0.15, 0.2) is 29.6 Å². The number of rotatable bonds is 4. The Bertz CT molecular complexity index is 702. The van der Waals surface area contributed by atoms with Crippen molar-refractivity contribution in [3.05, 3.63) is 35.3 Å². The highest BCUT2D eigenvalue weighted by molar-refractivity contribution is 7.13. The highest BCUT2D eigenvalue weighted by atomic mass is 32.1. The van der Waals surface area contributed by atoms with E-state index in [1.807, 2.05) is 17.4 Å². The van der Waals surface area contributed by atoms with E-state index in [0.29, 0.717) is 5.75 Å². The lowest BCUT2D eigenvalue weighted by Gasteiger charge is -2.14. The second kappa shape index (κ2) is 6.78. The molecule has 1 aromatic heterocycles. The predicted molar refractivity (Wildman–Crippen MR) is 89.5 cm³/mol. The van der Waals surface area contributed by atoms with Crippen molar-refractivity contribution in [1.82, 2.24) is 10.3 Å². The van der Waals surface area contributed by atoms with Gasteiger partial charge in [0, 0.05) is 16.4 Å². The van der Waals surface area contributed by atoms with Crippen molar-refractivity contribution < 1.29 is 14.3 Å². The smallest absolute Gasteiger partial charge is 0.318 e. The Labute approximate surface area is 138 Å². The fourth-order valence-corrected chi connectivity index (χ4v) is 2.82. The molecular weight excluding hydrogens is 314 g/mol. The number of hydrogen-bond donors (Lipinski definition) is 2. The lowest BCUT2D eigenvalue weighted by Crippen LogP contribution is -2.38. The molecule has 0 aliphatic rings. The third-order valence-electron chi connectivity index (χ3n) is 3.01.